The number of benzene rings is 1. The van der Waals surface area contributed by atoms with Crippen molar-refractivity contribution in [3.05, 3.63) is 40.6 Å². The largest absolute Gasteiger partial charge is 0.385 e. The quantitative estimate of drug-likeness (QED) is 0.909. The second-order valence-corrected chi connectivity index (χ2v) is 4.22. The Hall–Kier alpha value is -1.13. The van der Waals surface area contributed by atoms with Crippen molar-refractivity contribution in [2.24, 2.45) is 0 Å². The molecule has 1 aromatic heterocycles. The van der Waals surface area contributed by atoms with Crippen LogP contribution in [0.2, 0.25) is 0 Å². The van der Waals surface area contributed by atoms with Crippen LogP contribution in [0.25, 0.3) is 11.3 Å². The lowest BCUT2D eigenvalue weighted by Crippen LogP contribution is -1.85. The first-order valence-corrected chi connectivity index (χ1v) is 5.37. The SMILES string of the molecule is CC(O)c1cc(-c2cccc(Br)c2)no1. The molecule has 4 heteroatoms. The lowest BCUT2D eigenvalue weighted by molar-refractivity contribution is 0.158. The molecule has 0 saturated heterocycles. The summed E-state index contributed by atoms with van der Waals surface area (Å²) in [7, 11) is 0. The van der Waals surface area contributed by atoms with E-state index in [4.69, 9.17) is 4.52 Å². The van der Waals surface area contributed by atoms with Crippen molar-refractivity contribution >= 4 is 15.9 Å². The molecule has 1 aromatic carbocycles. The fourth-order valence-corrected chi connectivity index (χ4v) is 1.67. The van der Waals surface area contributed by atoms with E-state index in [1.807, 2.05) is 24.3 Å². The van der Waals surface area contributed by atoms with Crippen molar-refractivity contribution in [1.29, 1.82) is 0 Å². The smallest absolute Gasteiger partial charge is 0.165 e. The molecule has 3 nitrogen and oxygen atoms in total. The van der Waals surface area contributed by atoms with Crippen molar-refractivity contribution < 1.29 is 9.63 Å². The van der Waals surface area contributed by atoms with Crippen molar-refractivity contribution in [2.45, 2.75) is 13.0 Å². The summed E-state index contributed by atoms with van der Waals surface area (Å²) in [6.07, 6.45) is -0.626. The van der Waals surface area contributed by atoms with Gasteiger partial charge < -0.3 is 9.63 Å². The molecular formula is C11H10BrNO2. The molecule has 0 aliphatic heterocycles. The van der Waals surface area contributed by atoms with Crippen molar-refractivity contribution in [3.8, 4) is 11.3 Å². The van der Waals surface area contributed by atoms with Gasteiger partial charge in [0, 0.05) is 16.1 Å². The zero-order chi connectivity index (χ0) is 10.8. The first kappa shape index (κ1) is 10.4. The standard InChI is InChI=1S/C11H10BrNO2/c1-7(14)11-6-10(13-15-11)8-3-2-4-9(12)5-8/h2-7,14H,1H3. The van der Waals surface area contributed by atoms with E-state index >= 15 is 0 Å². The fraction of sp³-hybridized carbons (Fsp3) is 0.182. The number of aliphatic hydroxyl groups is 1. The molecule has 15 heavy (non-hydrogen) atoms. The molecular weight excluding hydrogens is 258 g/mol. The maximum absolute atomic E-state index is 9.30. The number of rotatable bonds is 2. The molecule has 0 radical (unpaired) electrons. The molecule has 1 atom stereocenters. The highest BCUT2D eigenvalue weighted by Crippen LogP contribution is 2.24. The van der Waals surface area contributed by atoms with Gasteiger partial charge >= 0.3 is 0 Å². The maximum Gasteiger partial charge on any atom is 0.165 e. The van der Waals surface area contributed by atoms with E-state index in [0.29, 0.717) is 5.76 Å². The fourth-order valence-electron chi connectivity index (χ4n) is 1.27. The summed E-state index contributed by atoms with van der Waals surface area (Å²) in [5.74, 6) is 0.477. The van der Waals surface area contributed by atoms with Gasteiger partial charge in [-0.15, -0.1) is 0 Å². The number of aliphatic hydroxyl groups excluding tert-OH is 1. The topological polar surface area (TPSA) is 46.3 Å². The molecule has 0 aliphatic rings. The van der Waals surface area contributed by atoms with Crippen molar-refractivity contribution in [3.63, 3.8) is 0 Å². The summed E-state index contributed by atoms with van der Waals surface area (Å²) in [5, 5.41) is 13.2. The van der Waals surface area contributed by atoms with Crippen LogP contribution in [0.1, 0.15) is 18.8 Å². The highest BCUT2D eigenvalue weighted by molar-refractivity contribution is 9.10. The second-order valence-electron chi connectivity index (χ2n) is 3.30. The van der Waals surface area contributed by atoms with Gasteiger partial charge in [-0.3, -0.25) is 0 Å². The van der Waals surface area contributed by atoms with Gasteiger partial charge in [0.1, 0.15) is 11.8 Å². The summed E-state index contributed by atoms with van der Waals surface area (Å²) < 4.78 is 5.99. The van der Waals surface area contributed by atoms with Crippen LogP contribution in [0.3, 0.4) is 0 Å². The van der Waals surface area contributed by atoms with Gasteiger partial charge in [-0.1, -0.05) is 33.2 Å². The number of nitrogens with zero attached hydrogens (tertiary/aromatic N) is 1. The Morgan fingerprint density at radius 1 is 1.40 bits per heavy atom. The summed E-state index contributed by atoms with van der Waals surface area (Å²) in [6.45, 7) is 1.64. The normalized spacial score (nSPS) is 12.7. The molecule has 2 rings (SSSR count). The Kier molecular flexibility index (Phi) is 2.88. The monoisotopic (exact) mass is 267 g/mol. The lowest BCUT2D eigenvalue weighted by Gasteiger charge is -1.95. The summed E-state index contributed by atoms with van der Waals surface area (Å²) in [6, 6.07) is 9.50. The number of aromatic nitrogens is 1. The lowest BCUT2D eigenvalue weighted by atomic mass is 10.1. The van der Waals surface area contributed by atoms with Gasteiger partial charge in [0.05, 0.1) is 0 Å². The van der Waals surface area contributed by atoms with Gasteiger partial charge in [0.25, 0.3) is 0 Å². The van der Waals surface area contributed by atoms with Crippen LogP contribution in [0.15, 0.2) is 39.3 Å². The van der Waals surface area contributed by atoms with Crippen LogP contribution < -0.4 is 0 Å². The van der Waals surface area contributed by atoms with E-state index in [1.54, 1.807) is 13.0 Å². The molecule has 0 bridgehead atoms. The minimum absolute atomic E-state index is 0.477. The molecule has 1 heterocycles. The third-order valence-electron chi connectivity index (χ3n) is 2.06. The van der Waals surface area contributed by atoms with Gasteiger partial charge in [-0.25, -0.2) is 0 Å². The van der Waals surface area contributed by atoms with E-state index in [-0.39, 0.29) is 0 Å². The number of hydrogen-bond donors (Lipinski definition) is 1. The van der Waals surface area contributed by atoms with Crippen LogP contribution >= 0.6 is 15.9 Å². The first-order chi connectivity index (χ1) is 7.16. The molecule has 1 N–H and O–H groups in total. The van der Waals surface area contributed by atoms with Crippen LogP contribution in [-0.4, -0.2) is 10.3 Å². The minimum atomic E-state index is -0.626. The van der Waals surface area contributed by atoms with Gasteiger partial charge in [-0.2, -0.15) is 0 Å². The average Bonchev–Trinajstić information content (AvgIpc) is 2.66. The average molecular weight is 268 g/mol. The van der Waals surface area contributed by atoms with E-state index in [9.17, 15) is 5.11 Å². The van der Waals surface area contributed by atoms with Crippen molar-refractivity contribution in [2.75, 3.05) is 0 Å². The Labute approximate surface area is 95.8 Å². The Bertz CT molecular complexity index is 465. The molecule has 0 aliphatic carbocycles. The van der Waals surface area contributed by atoms with Crippen LogP contribution in [0.5, 0.6) is 0 Å². The van der Waals surface area contributed by atoms with E-state index < -0.39 is 6.10 Å². The van der Waals surface area contributed by atoms with Gasteiger partial charge in [0.2, 0.25) is 0 Å². The summed E-state index contributed by atoms with van der Waals surface area (Å²) in [5.41, 5.74) is 1.69. The molecule has 1 unspecified atom stereocenters. The second kappa shape index (κ2) is 4.16. The van der Waals surface area contributed by atoms with Gasteiger partial charge in [-0.05, 0) is 19.1 Å². The zero-order valence-electron chi connectivity index (χ0n) is 8.14. The summed E-state index contributed by atoms with van der Waals surface area (Å²) >= 11 is 3.39. The van der Waals surface area contributed by atoms with Gasteiger partial charge in [0.15, 0.2) is 5.76 Å². The Balaban J connectivity index is 2.37. The van der Waals surface area contributed by atoms with Crippen LogP contribution in [-0.2, 0) is 0 Å². The van der Waals surface area contributed by atoms with Crippen LogP contribution in [0.4, 0.5) is 0 Å². The van der Waals surface area contributed by atoms with E-state index in [1.165, 1.54) is 0 Å². The van der Waals surface area contributed by atoms with Crippen molar-refractivity contribution in [1.82, 2.24) is 5.16 Å². The number of hydrogen-bond acceptors (Lipinski definition) is 3. The molecule has 0 amide bonds. The third kappa shape index (κ3) is 2.27. The predicted octanol–water partition coefficient (Wildman–Crippen LogP) is 3.16. The predicted molar refractivity (Wildman–Crippen MR) is 60.3 cm³/mol. The molecule has 0 spiro atoms. The number of halogens is 1. The summed E-state index contributed by atoms with van der Waals surface area (Å²) in [4.78, 5) is 0. The molecule has 78 valence electrons. The Morgan fingerprint density at radius 3 is 2.80 bits per heavy atom. The highest BCUT2D eigenvalue weighted by Gasteiger charge is 2.10. The molecule has 0 saturated carbocycles. The molecule has 0 fully saturated rings. The highest BCUT2D eigenvalue weighted by atomic mass is 79.9. The third-order valence-corrected chi connectivity index (χ3v) is 2.55. The zero-order valence-corrected chi connectivity index (χ0v) is 9.73. The van der Waals surface area contributed by atoms with E-state index in [2.05, 4.69) is 21.1 Å². The first-order valence-electron chi connectivity index (χ1n) is 4.57. The van der Waals surface area contributed by atoms with Crippen LogP contribution in [0, 0.1) is 0 Å². The Morgan fingerprint density at radius 2 is 2.20 bits per heavy atom. The maximum atomic E-state index is 9.30. The van der Waals surface area contributed by atoms with E-state index in [0.717, 1.165) is 15.7 Å². The minimum Gasteiger partial charge on any atom is -0.385 e. The molecule has 2 aromatic rings.